The molecule has 1 heterocycles. The molecule has 3 rings (SSSR count). The molecule has 6 nitrogen and oxygen atoms in total. The molecule has 0 aliphatic carbocycles. The molecule has 0 atom stereocenters. The van der Waals surface area contributed by atoms with Crippen LogP contribution < -0.4 is 10.9 Å². The van der Waals surface area contributed by atoms with Gasteiger partial charge in [-0.25, -0.2) is 9.37 Å². The standard InChI is InChI=1S/C23H25ClFN3O3S/c1-2-31-13-3-12-28-22(30)19-9-6-17(24)14-20(19)27-23(28)32-15-21(29)26-11-10-16-4-7-18(25)8-5-16/h4-9,14H,2-3,10-13,15H2,1H3,(H,26,29). The van der Waals surface area contributed by atoms with E-state index in [2.05, 4.69) is 10.3 Å². The number of aromatic nitrogens is 2. The molecular formula is C23H25ClFN3O3S. The van der Waals surface area contributed by atoms with Crippen molar-refractivity contribution in [2.45, 2.75) is 31.5 Å². The SMILES string of the molecule is CCOCCCn1c(SCC(=O)NCCc2ccc(F)cc2)nc2cc(Cl)ccc2c1=O. The van der Waals surface area contributed by atoms with E-state index in [4.69, 9.17) is 16.3 Å². The predicted octanol–water partition coefficient (Wildman–Crippen LogP) is 4.07. The molecule has 1 aromatic heterocycles. The zero-order chi connectivity index (χ0) is 22.9. The summed E-state index contributed by atoms with van der Waals surface area (Å²) in [5, 5.41) is 4.29. The lowest BCUT2D eigenvalue weighted by atomic mass is 10.1. The van der Waals surface area contributed by atoms with E-state index >= 15 is 0 Å². The maximum Gasteiger partial charge on any atom is 0.262 e. The second-order valence-corrected chi connectivity index (χ2v) is 8.46. The second-order valence-electron chi connectivity index (χ2n) is 7.08. The number of benzene rings is 2. The third kappa shape index (κ3) is 6.79. The molecule has 0 aliphatic rings. The summed E-state index contributed by atoms with van der Waals surface area (Å²) in [6, 6.07) is 11.2. The highest BCUT2D eigenvalue weighted by Crippen LogP contribution is 2.20. The molecule has 0 unspecified atom stereocenters. The lowest BCUT2D eigenvalue weighted by Crippen LogP contribution is -2.28. The number of nitrogens with zero attached hydrogens (tertiary/aromatic N) is 2. The van der Waals surface area contributed by atoms with Crippen LogP contribution >= 0.6 is 23.4 Å². The van der Waals surface area contributed by atoms with Crippen LogP contribution in [0.4, 0.5) is 4.39 Å². The molecule has 3 aromatic rings. The summed E-state index contributed by atoms with van der Waals surface area (Å²) >= 11 is 7.28. The molecule has 1 N–H and O–H groups in total. The van der Waals surface area contributed by atoms with Gasteiger partial charge in [-0.2, -0.15) is 0 Å². The number of amides is 1. The van der Waals surface area contributed by atoms with Crippen molar-refractivity contribution < 1.29 is 13.9 Å². The molecule has 0 saturated carbocycles. The molecule has 0 spiro atoms. The van der Waals surface area contributed by atoms with Crippen molar-refractivity contribution >= 4 is 40.2 Å². The van der Waals surface area contributed by atoms with Crippen LogP contribution in [-0.4, -0.2) is 41.0 Å². The fourth-order valence-corrected chi connectivity index (χ4v) is 4.15. The van der Waals surface area contributed by atoms with Gasteiger partial charge in [0.05, 0.1) is 16.7 Å². The van der Waals surface area contributed by atoms with Gasteiger partial charge in [0.2, 0.25) is 5.91 Å². The minimum atomic E-state index is -0.286. The highest BCUT2D eigenvalue weighted by molar-refractivity contribution is 7.99. The number of halogens is 2. The monoisotopic (exact) mass is 477 g/mol. The van der Waals surface area contributed by atoms with E-state index in [1.54, 1.807) is 34.9 Å². The summed E-state index contributed by atoms with van der Waals surface area (Å²) in [6.07, 6.45) is 1.26. The zero-order valence-corrected chi connectivity index (χ0v) is 19.3. The van der Waals surface area contributed by atoms with Crippen LogP contribution in [0.25, 0.3) is 10.9 Å². The Bertz CT molecular complexity index is 1120. The Morgan fingerprint density at radius 1 is 1.25 bits per heavy atom. The quantitative estimate of drug-likeness (QED) is 0.256. The number of thioether (sulfide) groups is 1. The van der Waals surface area contributed by atoms with Crippen molar-refractivity contribution in [3.63, 3.8) is 0 Å². The van der Waals surface area contributed by atoms with Gasteiger partial charge in [0.15, 0.2) is 5.16 Å². The maximum atomic E-state index is 13.0. The van der Waals surface area contributed by atoms with Crippen LogP contribution in [0.2, 0.25) is 5.02 Å². The minimum absolute atomic E-state index is 0.118. The number of rotatable bonds is 11. The summed E-state index contributed by atoms with van der Waals surface area (Å²) in [5.41, 5.74) is 1.28. The number of carbonyl (C=O) groups excluding carboxylic acids is 1. The molecule has 0 fully saturated rings. The smallest absolute Gasteiger partial charge is 0.262 e. The molecule has 0 aliphatic heterocycles. The van der Waals surface area contributed by atoms with E-state index in [0.717, 1.165) is 5.56 Å². The molecule has 2 aromatic carbocycles. The summed E-state index contributed by atoms with van der Waals surface area (Å²) in [7, 11) is 0. The molecule has 0 saturated heterocycles. The lowest BCUT2D eigenvalue weighted by molar-refractivity contribution is -0.118. The number of fused-ring (bicyclic) bond motifs is 1. The summed E-state index contributed by atoms with van der Waals surface area (Å²) in [4.78, 5) is 29.9. The number of carbonyl (C=O) groups is 1. The van der Waals surface area contributed by atoms with Crippen LogP contribution in [0.3, 0.4) is 0 Å². The second kappa shape index (κ2) is 12.0. The number of ether oxygens (including phenoxy) is 1. The maximum absolute atomic E-state index is 13.0. The fraction of sp³-hybridized carbons (Fsp3) is 0.348. The number of nitrogens with one attached hydrogen (secondary N) is 1. The Kier molecular flexibility index (Phi) is 9.08. The topological polar surface area (TPSA) is 73.2 Å². The Balaban J connectivity index is 1.66. The fourth-order valence-electron chi connectivity index (χ4n) is 3.13. The Morgan fingerprint density at radius 3 is 2.78 bits per heavy atom. The summed E-state index contributed by atoms with van der Waals surface area (Å²) in [6.45, 7) is 3.95. The average molecular weight is 478 g/mol. The van der Waals surface area contributed by atoms with Crippen molar-refractivity contribution in [3.8, 4) is 0 Å². The molecule has 0 bridgehead atoms. The van der Waals surface area contributed by atoms with E-state index in [9.17, 15) is 14.0 Å². The molecule has 9 heteroatoms. The molecule has 0 radical (unpaired) electrons. The van der Waals surface area contributed by atoms with Gasteiger partial charge in [-0.15, -0.1) is 0 Å². The van der Waals surface area contributed by atoms with E-state index in [-0.39, 0.29) is 23.0 Å². The Labute approximate surface area is 195 Å². The van der Waals surface area contributed by atoms with Crippen LogP contribution in [0.5, 0.6) is 0 Å². The minimum Gasteiger partial charge on any atom is -0.382 e. The highest BCUT2D eigenvalue weighted by Gasteiger charge is 2.14. The van der Waals surface area contributed by atoms with E-state index in [1.807, 2.05) is 6.92 Å². The van der Waals surface area contributed by atoms with Gasteiger partial charge >= 0.3 is 0 Å². The van der Waals surface area contributed by atoms with Crippen molar-refractivity contribution in [1.82, 2.24) is 14.9 Å². The van der Waals surface area contributed by atoms with Crippen molar-refractivity contribution in [1.29, 1.82) is 0 Å². The Hall–Kier alpha value is -2.42. The van der Waals surface area contributed by atoms with Crippen LogP contribution in [-0.2, 0) is 22.5 Å². The first-order chi connectivity index (χ1) is 15.5. The van der Waals surface area contributed by atoms with Gasteiger partial charge < -0.3 is 10.1 Å². The van der Waals surface area contributed by atoms with Crippen LogP contribution in [0.15, 0.2) is 52.4 Å². The van der Waals surface area contributed by atoms with Crippen LogP contribution in [0, 0.1) is 5.82 Å². The van der Waals surface area contributed by atoms with Gasteiger partial charge in [0, 0.05) is 31.3 Å². The normalized spacial score (nSPS) is 11.1. The van der Waals surface area contributed by atoms with Crippen LogP contribution in [0.1, 0.15) is 18.9 Å². The molecule has 32 heavy (non-hydrogen) atoms. The Morgan fingerprint density at radius 2 is 2.03 bits per heavy atom. The van der Waals surface area contributed by atoms with E-state index < -0.39 is 0 Å². The number of hydrogen-bond acceptors (Lipinski definition) is 5. The summed E-state index contributed by atoms with van der Waals surface area (Å²) in [5.74, 6) is -0.336. The summed E-state index contributed by atoms with van der Waals surface area (Å²) < 4.78 is 19.9. The average Bonchev–Trinajstić information content (AvgIpc) is 2.78. The van der Waals surface area contributed by atoms with Gasteiger partial charge in [-0.1, -0.05) is 35.5 Å². The first kappa shape index (κ1) is 24.2. The first-order valence-electron chi connectivity index (χ1n) is 10.4. The zero-order valence-electron chi connectivity index (χ0n) is 17.8. The van der Waals surface area contributed by atoms with Gasteiger partial charge in [0.25, 0.3) is 5.56 Å². The van der Waals surface area contributed by atoms with E-state index in [0.29, 0.717) is 60.2 Å². The van der Waals surface area contributed by atoms with Gasteiger partial charge in [-0.05, 0) is 55.7 Å². The molecular weight excluding hydrogens is 453 g/mol. The third-order valence-electron chi connectivity index (χ3n) is 4.74. The van der Waals surface area contributed by atoms with E-state index in [1.165, 1.54) is 23.9 Å². The highest BCUT2D eigenvalue weighted by atomic mass is 35.5. The molecule has 170 valence electrons. The van der Waals surface area contributed by atoms with Crippen molar-refractivity contribution in [2.24, 2.45) is 0 Å². The first-order valence-corrected chi connectivity index (χ1v) is 11.8. The van der Waals surface area contributed by atoms with Crippen molar-refractivity contribution in [2.75, 3.05) is 25.5 Å². The van der Waals surface area contributed by atoms with Gasteiger partial charge in [-0.3, -0.25) is 14.2 Å². The predicted molar refractivity (Wildman–Crippen MR) is 126 cm³/mol. The van der Waals surface area contributed by atoms with Crippen molar-refractivity contribution in [3.05, 3.63) is 69.2 Å². The largest absolute Gasteiger partial charge is 0.382 e. The lowest BCUT2D eigenvalue weighted by Gasteiger charge is -2.13. The number of hydrogen-bond donors (Lipinski definition) is 1. The third-order valence-corrected chi connectivity index (χ3v) is 5.95. The van der Waals surface area contributed by atoms with Gasteiger partial charge in [0.1, 0.15) is 5.82 Å². The molecule has 1 amide bonds.